The lowest BCUT2D eigenvalue weighted by molar-refractivity contribution is 0.193. The summed E-state index contributed by atoms with van der Waals surface area (Å²) >= 11 is 0. The topological polar surface area (TPSA) is 52.0 Å². The number of hydrogen-bond acceptors (Lipinski definition) is 4. The van der Waals surface area contributed by atoms with Crippen LogP contribution in [0.15, 0.2) is 0 Å². The fourth-order valence-corrected chi connectivity index (χ4v) is 3.40. The maximum Gasteiger partial charge on any atom is 0.221 e. The molecule has 3 heterocycles. The predicted molar refractivity (Wildman–Crippen MR) is 63.1 cm³/mol. The summed E-state index contributed by atoms with van der Waals surface area (Å²) in [4.78, 5) is 4.65. The minimum absolute atomic E-state index is 0.412. The van der Waals surface area contributed by atoms with Crippen molar-refractivity contribution in [3.05, 3.63) is 5.82 Å². The van der Waals surface area contributed by atoms with Crippen LogP contribution in [0.2, 0.25) is 0 Å². The van der Waals surface area contributed by atoms with Crippen LogP contribution in [0.1, 0.15) is 43.5 Å². The van der Waals surface area contributed by atoms with Gasteiger partial charge in [-0.2, -0.15) is 10.1 Å². The third-order valence-electron chi connectivity index (χ3n) is 4.40. The minimum atomic E-state index is 0.412. The van der Waals surface area contributed by atoms with Gasteiger partial charge in [-0.1, -0.05) is 6.42 Å². The van der Waals surface area contributed by atoms with Crippen molar-refractivity contribution in [1.82, 2.24) is 14.8 Å². The van der Waals surface area contributed by atoms with Crippen molar-refractivity contribution in [3.63, 3.8) is 0 Å². The minimum Gasteiger partial charge on any atom is -0.381 e. The van der Waals surface area contributed by atoms with Crippen molar-refractivity contribution in [3.8, 4) is 0 Å². The van der Waals surface area contributed by atoms with Gasteiger partial charge in [0, 0.05) is 19.1 Å². The molecule has 2 aliphatic heterocycles. The van der Waals surface area contributed by atoms with Crippen molar-refractivity contribution in [2.45, 2.75) is 37.6 Å². The molecule has 5 nitrogen and oxygen atoms in total. The first-order valence-corrected chi connectivity index (χ1v) is 6.70. The fourth-order valence-electron chi connectivity index (χ4n) is 3.40. The summed E-state index contributed by atoms with van der Waals surface area (Å²) in [5.41, 5.74) is 0. The van der Waals surface area contributed by atoms with Crippen molar-refractivity contribution in [2.75, 3.05) is 25.1 Å². The summed E-state index contributed by atoms with van der Waals surface area (Å²) in [5.74, 6) is 3.14. The number of fused-ring (bicyclic) bond motifs is 3. The second kappa shape index (κ2) is 3.70. The third-order valence-corrected chi connectivity index (χ3v) is 4.40. The number of nitrogens with zero attached hydrogens (tertiary/aromatic N) is 3. The molecule has 92 valence electrons. The molecule has 1 aromatic heterocycles. The maximum atomic E-state index is 5.42. The zero-order valence-corrected chi connectivity index (χ0v) is 9.93. The third kappa shape index (κ3) is 1.48. The van der Waals surface area contributed by atoms with Crippen LogP contribution in [0.5, 0.6) is 0 Å². The van der Waals surface area contributed by atoms with E-state index in [2.05, 4.69) is 15.0 Å². The van der Waals surface area contributed by atoms with Gasteiger partial charge >= 0.3 is 0 Å². The van der Waals surface area contributed by atoms with Crippen molar-refractivity contribution in [2.24, 2.45) is 5.92 Å². The van der Waals surface area contributed by atoms with E-state index in [1.165, 1.54) is 19.3 Å². The van der Waals surface area contributed by atoms with E-state index < -0.39 is 0 Å². The molecule has 1 N–H and O–H groups in total. The summed E-state index contributed by atoms with van der Waals surface area (Å²) in [6.45, 7) is 2.72. The lowest BCUT2D eigenvalue weighted by Crippen LogP contribution is -2.29. The molecule has 0 bridgehead atoms. The quantitative estimate of drug-likeness (QED) is 0.801. The molecule has 1 aliphatic carbocycles. The highest BCUT2D eigenvalue weighted by molar-refractivity contribution is 5.30. The first kappa shape index (κ1) is 9.88. The number of anilines is 1. The maximum absolute atomic E-state index is 5.42. The van der Waals surface area contributed by atoms with Crippen molar-refractivity contribution >= 4 is 5.95 Å². The van der Waals surface area contributed by atoms with Crippen LogP contribution in [0, 0.1) is 5.92 Å². The smallest absolute Gasteiger partial charge is 0.221 e. The first-order valence-electron chi connectivity index (χ1n) is 6.70. The van der Waals surface area contributed by atoms with Crippen LogP contribution in [-0.2, 0) is 4.74 Å². The summed E-state index contributed by atoms with van der Waals surface area (Å²) in [7, 11) is 0. The van der Waals surface area contributed by atoms with Crippen LogP contribution in [-0.4, -0.2) is 34.5 Å². The second-order valence-corrected chi connectivity index (χ2v) is 5.44. The van der Waals surface area contributed by atoms with Gasteiger partial charge in [-0.25, -0.2) is 4.68 Å². The Morgan fingerprint density at radius 3 is 3.18 bits per heavy atom. The first-order chi connectivity index (χ1) is 8.42. The number of nitrogens with one attached hydrogen (secondary N) is 1. The molecule has 1 saturated heterocycles. The molecule has 0 radical (unpaired) electrons. The Kier molecular flexibility index (Phi) is 2.15. The molecule has 1 aromatic rings. The van der Waals surface area contributed by atoms with Crippen LogP contribution in [0.4, 0.5) is 5.95 Å². The summed E-state index contributed by atoms with van der Waals surface area (Å²) in [5, 5.41) is 8.16. The number of hydrogen-bond donors (Lipinski definition) is 1. The molecule has 3 atom stereocenters. The van der Waals surface area contributed by atoms with Crippen molar-refractivity contribution in [1.29, 1.82) is 0 Å². The largest absolute Gasteiger partial charge is 0.381 e. The zero-order chi connectivity index (χ0) is 11.2. The number of aromatic nitrogens is 3. The molecule has 3 aliphatic rings. The summed E-state index contributed by atoms with van der Waals surface area (Å²) in [6.07, 6.45) is 5.00. The van der Waals surface area contributed by atoms with Gasteiger partial charge in [-0.15, -0.1) is 0 Å². The highest BCUT2D eigenvalue weighted by atomic mass is 16.5. The Morgan fingerprint density at radius 1 is 1.29 bits per heavy atom. The second-order valence-electron chi connectivity index (χ2n) is 5.44. The molecule has 3 unspecified atom stereocenters. The van der Waals surface area contributed by atoms with Crippen LogP contribution in [0.3, 0.4) is 0 Å². The average molecular weight is 234 g/mol. The Balaban J connectivity index is 1.68. The van der Waals surface area contributed by atoms with E-state index in [9.17, 15) is 0 Å². The fraction of sp³-hybridized carbons (Fsp3) is 0.833. The molecule has 1 saturated carbocycles. The monoisotopic (exact) mass is 234 g/mol. The SMILES string of the molecule is C1CC2CNc3nc(C4CCOC4)nn3C2C1. The van der Waals surface area contributed by atoms with Gasteiger partial charge < -0.3 is 10.1 Å². The average Bonchev–Trinajstić information content (AvgIpc) is 3.08. The van der Waals surface area contributed by atoms with Gasteiger partial charge in [-0.05, 0) is 25.2 Å². The molecular formula is C12H18N4O. The molecule has 0 aromatic carbocycles. The van der Waals surface area contributed by atoms with E-state index in [4.69, 9.17) is 9.84 Å². The number of rotatable bonds is 1. The molecule has 2 fully saturated rings. The molecular weight excluding hydrogens is 216 g/mol. The van der Waals surface area contributed by atoms with Gasteiger partial charge in [0.25, 0.3) is 0 Å². The van der Waals surface area contributed by atoms with Gasteiger partial charge in [-0.3, -0.25) is 0 Å². The summed E-state index contributed by atoms with van der Waals surface area (Å²) < 4.78 is 7.57. The highest BCUT2D eigenvalue weighted by Gasteiger charge is 2.36. The Morgan fingerprint density at radius 2 is 2.29 bits per heavy atom. The van der Waals surface area contributed by atoms with Gasteiger partial charge in [0.2, 0.25) is 5.95 Å². The standard InChI is InChI=1S/C12H18N4O/c1-2-8-6-13-12-14-11(9-4-5-17-7-9)15-16(12)10(8)3-1/h8-10H,1-7H2,(H,13,14,15). The molecule has 5 heteroatoms. The molecule has 0 amide bonds. The van der Waals surface area contributed by atoms with E-state index in [-0.39, 0.29) is 0 Å². The van der Waals surface area contributed by atoms with E-state index >= 15 is 0 Å². The Bertz CT molecular complexity index is 424. The van der Waals surface area contributed by atoms with Gasteiger partial charge in [0.15, 0.2) is 5.82 Å². The van der Waals surface area contributed by atoms with Gasteiger partial charge in [0.05, 0.1) is 12.6 Å². The van der Waals surface area contributed by atoms with E-state index in [1.807, 2.05) is 0 Å². The lowest BCUT2D eigenvalue weighted by atomic mass is 10.0. The predicted octanol–water partition coefficient (Wildman–Crippen LogP) is 1.55. The molecule has 0 spiro atoms. The Hall–Kier alpha value is -1.10. The van der Waals surface area contributed by atoms with E-state index in [0.29, 0.717) is 12.0 Å². The van der Waals surface area contributed by atoms with E-state index in [1.54, 1.807) is 0 Å². The number of ether oxygens (including phenoxy) is 1. The van der Waals surface area contributed by atoms with Gasteiger partial charge in [0.1, 0.15) is 0 Å². The van der Waals surface area contributed by atoms with Crippen LogP contribution < -0.4 is 5.32 Å². The van der Waals surface area contributed by atoms with Crippen LogP contribution >= 0.6 is 0 Å². The summed E-state index contributed by atoms with van der Waals surface area (Å²) in [6, 6.07) is 0.592. The molecule has 17 heavy (non-hydrogen) atoms. The zero-order valence-electron chi connectivity index (χ0n) is 9.93. The molecule has 4 rings (SSSR count). The Labute approximate surface area is 101 Å². The van der Waals surface area contributed by atoms with Crippen LogP contribution in [0.25, 0.3) is 0 Å². The van der Waals surface area contributed by atoms with E-state index in [0.717, 1.165) is 43.9 Å². The van der Waals surface area contributed by atoms with Crippen molar-refractivity contribution < 1.29 is 4.74 Å². The lowest BCUT2D eigenvalue weighted by Gasteiger charge is -2.26. The highest BCUT2D eigenvalue weighted by Crippen LogP contribution is 2.40. The normalized spacial score (nSPS) is 35.4.